The number of amides is 1. The molecule has 2 aromatic rings. The average molecular weight is 422 g/mol. The summed E-state index contributed by atoms with van der Waals surface area (Å²) in [7, 11) is -3.43. The number of benzene rings is 2. The molecule has 0 aliphatic carbocycles. The molecule has 0 bridgehead atoms. The molecule has 1 aliphatic heterocycles. The molecule has 1 saturated heterocycles. The van der Waals surface area contributed by atoms with Gasteiger partial charge in [-0.2, -0.15) is 0 Å². The van der Waals surface area contributed by atoms with Crippen LogP contribution in [0.5, 0.6) is 0 Å². The van der Waals surface area contributed by atoms with Crippen molar-refractivity contribution in [1.29, 1.82) is 0 Å². The number of anilines is 2. The summed E-state index contributed by atoms with van der Waals surface area (Å²) < 4.78 is 24.9. The molecule has 0 atom stereocenters. The summed E-state index contributed by atoms with van der Waals surface area (Å²) in [6.07, 6.45) is 4.81. The van der Waals surface area contributed by atoms with Crippen LogP contribution < -0.4 is 14.9 Å². The van der Waals surface area contributed by atoms with Crippen LogP contribution in [0.3, 0.4) is 0 Å². The summed E-state index contributed by atoms with van der Waals surface area (Å²) in [5.74, 6) is -0.270. The largest absolute Gasteiger partial charge is 0.372 e. The van der Waals surface area contributed by atoms with E-state index < -0.39 is 10.0 Å². The second-order valence-corrected chi connectivity index (χ2v) is 9.12. The van der Waals surface area contributed by atoms with E-state index in [-0.39, 0.29) is 16.6 Å². The van der Waals surface area contributed by atoms with E-state index in [1.165, 1.54) is 43.1 Å². The Morgan fingerprint density at radius 1 is 1.07 bits per heavy atom. The molecule has 3 rings (SSSR count). The van der Waals surface area contributed by atoms with Gasteiger partial charge in [0.2, 0.25) is 10.0 Å². The maximum Gasteiger partial charge on any atom is 0.251 e. The van der Waals surface area contributed by atoms with Crippen LogP contribution in [0.15, 0.2) is 42.5 Å². The first kappa shape index (κ1) is 20.5. The molecule has 150 valence electrons. The zero-order chi connectivity index (χ0) is 20.1. The zero-order valence-electron chi connectivity index (χ0n) is 15.7. The highest BCUT2D eigenvalue weighted by Gasteiger charge is 2.12. The fourth-order valence-corrected chi connectivity index (χ4v) is 4.06. The van der Waals surface area contributed by atoms with E-state index in [0.717, 1.165) is 24.9 Å². The molecule has 2 N–H and O–H groups in total. The van der Waals surface area contributed by atoms with Crippen LogP contribution in [0.1, 0.15) is 35.2 Å². The van der Waals surface area contributed by atoms with Crippen molar-refractivity contribution in [3.63, 3.8) is 0 Å². The topological polar surface area (TPSA) is 78.5 Å². The number of sulfonamides is 1. The van der Waals surface area contributed by atoms with Gasteiger partial charge in [-0.1, -0.05) is 23.7 Å². The molecule has 0 radical (unpaired) electrons. The third kappa shape index (κ3) is 5.62. The van der Waals surface area contributed by atoms with Gasteiger partial charge in [0.15, 0.2) is 0 Å². The first-order valence-electron chi connectivity index (χ1n) is 9.21. The van der Waals surface area contributed by atoms with Gasteiger partial charge < -0.3 is 10.2 Å². The Kier molecular flexibility index (Phi) is 6.46. The first-order valence-corrected chi connectivity index (χ1v) is 11.5. The molecule has 8 heteroatoms. The molecule has 1 fully saturated rings. The molecule has 2 aromatic carbocycles. The standard InChI is InChI=1S/C20H24ClN3O3S/c1-28(26,27)23-19-10-7-16(13-18(19)21)20(25)22-14-15-5-8-17(9-6-15)24-11-3-2-4-12-24/h5-10,13,23H,2-4,11-12,14H2,1H3,(H,22,25). The van der Waals surface area contributed by atoms with E-state index in [1.807, 2.05) is 12.1 Å². The Hall–Kier alpha value is -2.25. The third-order valence-electron chi connectivity index (χ3n) is 4.64. The van der Waals surface area contributed by atoms with Gasteiger partial charge in [0, 0.05) is 30.9 Å². The van der Waals surface area contributed by atoms with E-state index in [0.29, 0.717) is 12.1 Å². The van der Waals surface area contributed by atoms with Crippen molar-refractivity contribution in [1.82, 2.24) is 5.32 Å². The summed E-state index contributed by atoms with van der Waals surface area (Å²) in [5.41, 5.74) is 2.84. The van der Waals surface area contributed by atoms with E-state index in [1.54, 1.807) is 0 Å². The molecular weight excluding hydrogens is 398 g/mol. The lowest BCUT2D eigenvalue weighted by Gasteiger charge is -2.28. The summed E-state index contributed by atoms with van der Waals surface area (Å²) in [6.45, 7) is 2.60. The van der Waals surface area contributed by atoms with Crippen LogP contribution in [0, 0.1) is 0 Å². The molecule has 0 spiro atoms. The number of rotatable bonds is 6. The second-order valence-electron chi connectivity index (χ2n) is 6.97. The summed E-state index contributed by atoms with van der Waals surface area (Å²) >= 11 is 6.08. The molecular formula is C20H24ClN3O3S. The van der Waals surface area contributed by atoms with Gasteiger partial charge in [-0.15, -0.1) is 0 Å². The van der Waals surface area contributed by atoms with Crippen molar-refractivity contribution in [3.05, 3.63) is 58.6 Å². The lowest BCUT2D eigenvalue weighted by atomic mass is 10.1. The lowest BCUT2D eigenvalue weighted by molar-refractivity contribution is 0.0951. The van der Waals surface area contributed by atoms with Crippen LogP contribution >= 0.6 is 11.6 Å². The van der Waals surface area contributed by atoms with Gasteiger partial charge in [-0.05, 0) is 55.2 Å². The molecule has 0 unspecified atom stereocenters. The number of hydrogen-bond acceptors (Lipinski definition) is 4. The summed E-state index contributed by atoms with van der Waals surface area (Å²) in [5, 5.41) is 3.03. The predicted molar refractivity (Wildman–Crippen MR) is 114 cm³/mol. The normalized spacial score (nSPS) is 14.6. The minimum atomic E-state index is -3.43. The molecule has 0 saturated carbocycles. The van der Waals surface area contributed by atoms with Gasteiger partial charge in [0.1, 0.15) is 0 Å². The van der Waals surface area contributed by atoms with E-state index in [9.17, 15) is 13.2 Å². The van der Waals surface area contributed by atoms with Crippen molar-refractivity contribution in [2.24, 2.45) is 0 Å². The van der Waals surface area contributed by atoms with E-state index in [2.05, 4.69) is 27.1 Å². The SMILES string of the molecule is CS(=O)(=O)Nc1ccc(C(=O)NCc2ccc(N3CCCCC3)cc2)cc1Cl. The minimum Gasteiger partial charge on any atom is -0.372 e. The minimum absolute atomic E-state index is 0.170. The number of hydrogen-bond donors (Lipinski definition) is 2. The highest BCUT2D eigenvalue weighted by Crippen LogP contribution is 2.24. The molecule has 28 heavy (non-hydrogen) atoms. The van der Waals surface area contributed by atoms with Crippen LogP contribution in [0.4, 0.5) is 11.4 Å². The zero-order valence-corrected chi connectivity index (χ0v) is 17.3. The van der Waals surface area contributed by atoms with Gasteiger partial charge in [-0.3, -0.25) is 9.52 Å². The number of carbonyl (C=O) groups is 1. The van der Waals surface area contributed by atoms with E-state index in [4.69, 9.17) is 11.6 Å². The van der Waals surface area contributed by atoms with Crippen molar-refractivity contribution in [3.8, 4) is 0 Å². The summed E-state index contributed by atoms with van der Waals surface area (Å²) in [4.78, 5) is 14.8. The second kappa shape index (κ2) is 8.84. The van der Waals surface area contributed by atoms with Gasteiger partial charge in [0.25, 0.3) is 5.91 Å². The maximum atomic E-state index is 12.4. The highest BCUT2D eigenvalue weighted by atomic mass is 35.5. The Morgan fingerprint density at radius 3 is 2.36 bits per heavy atom. The van der Waals surface area contributed by atoms with E-state index >= 15 is 0 Å². The first-order chi connectivity index (χ1) is 13.3. The fourth-order valence-electron chi connectivity index (χ4n) is 3.20. The number of nitrogens with zero attached hydrogens (tertiary/aromatic N) is 1. The molecule has 0 aromatic heterocycles. The van der Waals surface area contributed by atoms with Crippen molar-refractivity contribution >= 4 is 38.9 Å². The van der Waals surface area contributed by atoms with Crippen LogP contribution in [0.2, 0.25) is 5.02 Å². The fraction of sp³-hybridized carbons (Fsp3) is 0.350. The monoisotopic (exact) mass is 421 g/mol. The number of halogens is 1. The van der Waals surface area contributed by atoms with Crippen LogP contribution in [-0.4, -0.2) is 33.7 Å². The molecule has 1 amide bonds. The molecule has 1 heterocycles. The number of carbonyl (C=O) groups excluding carboxylic acids is 1. The van der Waals surface area contributed by atoms with Crippen molar-refractivity contribution in [2.45, 2.75) is 25.8 Å². The van der Waals surface area contributed by atoms with Crippen LogP contribution in [-0.2, 0) is 16.6 Å². The Balaban J connectivity index is 1.58. The molecule has 1 aliphatic rings. The molecule has 6 nitrogen and oxygen atoms in total. The summed E-state index contributed by atoms with van der Waals surface area (Å²) in [6, 6.07) is 12.7. The predicted octanol–water partition coefficient (Wildman–Crippen LogP) is 3.63. The van der Waals surface area contributed by atoms with Crippen molar-refractivity contribution in [2.75, 3.05) is 29.0 Å². The maximum absolute atomic E-state index is 12.4. The number of piperidine rings is 1. The van der Waals surface area contributed by atoms with Crippen molar-refractivity contribution < 1.29 is 13.2 Å². The van der Waals surface area contributed by atoms with Crippen LogP contribution in [0.25, 0.3) is 0 Å². The Morgan fingerprint density at radius 2 is 1.75 bits per heavy atom. The number of nitrogens with one attached hydrogen (secondary N) is 2. The Bertz CT molecular complexity index is 940. The highest BCUT2D eigenvalue weighted by molar-refractivity contribution is 7.92. The Labute approximate surface area is 170 Å². The van der Waals surface area contributed by atoms with Gasteiger partial charge in [-0.25, -0.2) is 8.42 Å². The van der Waals surface area contributed by atoms with Gasteiger partial charge in [0.05, 0.1) is 17.0 Å². The van der Waals surface area contributed by atoms with Gasteiger partial charge >= 0.3 is 0 Å². The third-order valence-corrected chi connectivity index (χ3v) is 5.54. The smallest absolute Gasteiger partial charge is 0.251 e. The quantitative estimate of drug-likeness (QED) is 0.746. The average Bonchev–Trinajstić information content (AvgIpc) is 2.68. The lowest BCUT2D eigenvalue weighted by Crippen LogP contribution is -2.29.